The monoisotopic (exact) mass is 463 g/mol. The average Bonchev–Trinajstić information content (AvgIpc) is 3.49. The predicted molar refractivity (Wildman–Crippen MR) is 131 cm³/mol. The second-order valence-electron chi connectivity index (χ2n) is 9.83. The maximum Gasteiger partial charge on any atom is 0.198 e. The molecule has 0 bridgehead atoms. The first-order chi connectivity index (χ1) is 16.1. The summed E-state index contributed by atoms with van der Waals surface area (Å²) in [5.41, 5.74) is 3.59. The van der Waals surface area contributed by atoms with Crippen molar-refractivity contribution >= 4 is 28.3 Å². The smallest absolute Gasteiger partial charge is 0.198 e. The second kappa shape index (κ2) is 8.24. The highest BCUT2D eigenvalue weighted by atomic mass is 35.5. The number of fused-ring (bicyclic) bond motifs is 3. The van der Waals surface area contributed by atoms with Crippen molar-refractivity contribution in [3.63, 3.8) is 0 Å². The summed E-state index contributed by atoms with van der Waals surface area (Å²) in [4.78, 5) is 16.5. The van der Waals surface area contributed by atoms with Crippen LogP contribution in [0.2, 0.25) is 5.02 Å². The van der Waals surface area contributed by atoms with Gasteiger partial charge in [0, 0.05) is 34.8 Å². The van der Waals surface area contributed by atoms with Crippen LogP contribution in [0.15, 0.2) is 48.7 Å². The van der Waals surface area contributed by atoms with Crippen LogP contribution < -0.4 is 5.32 Å². The van der Waals surface area contributed by atoms with Crippen LogP contribution in [0.3, 0.4) is 0 Å². The van der Waals surface area contributed by atoms with Crippen LogP contribution in [0.25, 0.3) is 10.9 Å². The van der Waals surface area contributed by atoms with E-state index < -0.39 is 6.10 Å². The summed E-state index contributed by atoms with van der Waals surface area (Å²) in [5, 5.41) is 5.08. The largest absolute Gasteiger partial charge is 0.354 e. The first kappa shape index (κ1) is 21.4. The lowest BCUT2D eigenvalue weighted by Gasteiger charge is -2.34. The fourth-order valence-electron chi connectivity index (χ4n) is 6.10. The van der Waals surface area contributed by atoms with E-state index in [-0.39, 0.29) is 11.4 Å². The Balaban J connectivity index is 1.40. The molecule has 6 rings (SSSR count). The molecule has 33 heavy (non-hydrogen) atoms. The number of nitrogens with one attached hydrogen (secondary N) is 1. The van der Waals surface area contributed by atoms with E-state index in [0.29, 0.717) is 11.1 Å². The zero-order valence-electron chi connectivity index (χ0n) is 19.0. The Bertz CT molecular complexity index is 1210. The van der Waals surface area contributed by atoms with Crippen LogP contribution in [0.5, 0.6) is 0 Å². The lowest BCUT2D eigenvalue weighted by molar-refractivity contribution is -0.0805. The number of ether oxygens (including phenoxy) is 1. The van der Waals surface area contributed by atoms with Gasteiger partial charge in [-0.2, -0.15) is 0 Å². The molecule has 2 fully saturated rings. The van der Waals surface area contributed by atoms with Gasteiger partial charge in [0.05, 0.1) is 11.1 Å². The number of hydrogen-bond acceptors (Lipinski definition) is 4. The van der Waals surface area contributed by atoms with Gasteiger partial charge in [-0.05, 0) is 75.6 Å². The summed E-state index contributed by atoms with van der Waals surface area (Å²) in [7, 11) is 2.18. The van der Waals surface area contributed by atoms with E-state index in [2.05, 4.69) is 40.0 Å². The zero-order chi connectivity index (χ0) is 22.6. The molecule has 3 aromatic rings. The average molecular weight is 464 g/mol. The Hall–Kier alpha value is -2.18. The molecular weight excluding hydrogens is 434 g/mol. The van der Waals surface area contributed by atoms with E-state index in [1.54, 1.807) is 0 Å². The SMILES string of the molecule is CN1CCC[C@@H]1Cn1cc(C(=O)[C@@H]2OC3(CCNCC3)c3ccccc32)c2ccc(Cl)cc21. The summed E-state index contributed by atoms with van der Waals surface area (Å²) in [6.45, 7) is 3.79. The zero-order valence-corrected chi connectivity index (χ0v) is 19.8. The van der Waals surface area contributed by atoms with Crippen molar-refractivity contribution in [2.75, 3.05) is 26.7 Å². The highest BCUT2D eigenvalue weighted by Gasteiger charge is 2.48. The number of rotatable bonds is 4. The molecule has 0 aliphatic carbocycles. The summed E-state index contributed by atoms with van der Waals surface area (Å²) in [6.07, 6.45) is 5.64. The van der Waals surface area contributed by atoms with Gasteiger partial charge in [-0.3, -0.25) is 4.79 Å². The molecule has 1 aromatic heterocycles. The van der Waals surface area contributed by atoms with Crippen LogP contribution in [-0.4, -0.2) is 48.0 Å². The number of hydrogen-bond donors (Lipinski definition) is 1. The van der Waals surface area contributed by atoms with Gasteiger partial charge in [0.15, 0.2) is 5.78 Å². The van der Waals surface area contributed by atoms with Crippen molar-refractivity contribution in [1.29, 1.82) is 0 Å². The number of carbonyl (C=O) groups excluding carboxylic acids is 1. The van der Waals surface area contributed by atoms with Gasteiger partial charge in [0.25, 0.3) is 0 Å². The van der Waals surface area contributed by atoms with Crippen molar-refractivity contribution in [2.24, 2.45) is 0 Å². The summed E-state index contributed by atoms with van der Waals surface area (Å²) >= 11 is 6.38. The minimum Gasteiger partial charge on any atom is -0.354 e. The summed E-state index contributed by atoms with van der Waals surface area (Å²) in [6, 6.07) is 14.6. The van der Waals surface area contributed by atoms with Crippen molar-refractivity contribution in [1.82, 2.24) is 14.8 Å². The molecule has 5 nitrogen and oxygen atoms in total. The highest BCUT2D eigenvalue weighted by Crippen LogP contribution is 2.49. The van der Waals surface area contributed by atoms with Crippen molar-refractivity contribution in [3.05, 3.63) is 70.4 Å². The van der Waals surface area contributed by atoms with Gasteiger partial charge in [0.1, 0.15) is 6.10 Å². The van der Waals surface area contributed by atoms with E-state index in [1.165, 1.54) is 18.4 Å². The molecule has 3 aliphatic heterocycles. The number of benzene rings is 2. The van der Waals surface area contributed by atoms with E-state index in [4.69, 9.17) is 16.3 Å². The molecule has 0 amide bonds. The van der Waals surface area contributed by atoms with E-state index in [0.717, 1.165) is 61.1 Å². The maximum atomic E-state index is 14.1. The topological polar surface area (TPSA) is 46.5 Å². The molecule has 172 valence electrons. The maximum absolute atomic E-state index is 14.1. The molecule has 0 saturated carbocycles. The fourth-order valence-corrected chi connectivity index (χ4v) is 6.26. The molecule has 2 atom stereocenters. The Morgan fingerprint density at radius 3 is 2.82 bits per heavy atom. The molecular formula is C27H30ClN3O2. The minimum atomic E-state index is -0.566. The molecule has 2 aromatic carbocycles. The fraction of sp³-hybridized carbons (Fsp3) is 0.444. The van der Waals surface area contributed by atoms with Crippen LogP contribution in [0, 0.1) is 0 Å². The van der Waals surface area contributed by atoms with E-state index in [9.17, 15) is 4.79 Å². The standard InChI is InChI=1S/C27H30ClN3O2/c1-30-14-4-5-19(30)16-31-17-22(20-9-8-18(28)15-24(20)31)25(32)26-21-6-2-3-7-23(21)27(33-26)10-12-29-13-11-27/h2-3,6-9,15,17,19,26,29H,4-5,10-14,16H2,1H3/t19-,26-/m1/s1. The molecule has 0 unspecified atom stereocenters. The molecule has 1 spiro atoms. The first-order valence-electron chi connectivity index (χ1n) is 12.1. The number of nitrogens with zero attached hydrogens (tertiary/aromatic N) is 2. The molecule has 1 N–H and O–H groups in total. The molecule has 6 heteroatoms. The highest BCUT2D eigenvalue weighted by molar-refractivity contribution is 6.31. The number of ketones is 1. The summed E-state index contributed by atoms with van der Waals surface area (Å²) < 4.78 is 8.90. The Morgan fingerprint density at radius 2 is 2.03 bits per heavy atom. The van der Waals surface area contributed by atoms with Gasteiger partial charge in [0.2, 0.25) is 0 Å². The second-order valence-corrected chi connectivity index (χ2v) is 10.3. The number of Topliss-reactive ketones (excluding diaryl/α,β-unsaturated/α-hetero) is 1. The Labute approximate surface area is 199 Å². The van der Waals surface area contributed by atoms with Crippen LogP contribution in [0.1, 0.15) is 53.3 Å². The number of likely N-dealkylation sites (N-methyl/N-ethyl adjacent to an activating group) is 1. The molecule has 3 aliphatic rings. The van der Waals surface area contributed by atoms with Crippen LogP contribution >= 0.6 is 11.6 Å². The quantitative estimate of drug-likeness (QED) is 0.558. The number of carbonyl (C=O) groups is 1. The van der Waals surface area contributed by atoms with E-state index in [1.807, 2.05) is 30.5 Å². The van der Waals surface area contributed by atoms with Gasteiger partial charge in [-0.25, -0.2) is 0 Å². The summed E-state index contributed by atoms with van der Waals surface area (Å²) in [5.74, 6) is 0.0451. The Morgan fingerprint density at radius 1 is 1.21 bits per heavy atom. The number of likely N-dealkylation sites (tertiary alicyclic amines) is 1. The predicted octanol–water partition coefficient (Wildman–Crippen LogP) is 4.92. The van der Waals surface area contributed by atoms with Crippen LogP contribution in [-0.2, 0) is 16.9 Å². The van der Waals surface area contributed by atoms with Crippen molar-refractivity contribution in [2.45, 2.75) is 50.0 Å². The lowest BCUT2D eigenvalue weighted by Crippen LogP contribution is -2.40. The van der Waals surface area contributed by atoms with Crippen molar-refractivity contribution in [3.8, 4) is 0 Å². The molecule has 2 saturated heterocycles. The van der Waals surface area contributed by atoms with Gasteiger partial charge >= 0.3 is 0 Å². The number of piperidine rings is 1. The third-order valence-electron chi connectivity index (χ3n) is 7.92. The lowest BCUT2D eigenvalue weighted by atomic mass is 9.84. The van der Waals surface area contributed by atoms with Crippen LogP contribution in [0.4, 0.5) is 0 Å². The third kappa shape index (κ3) is 3.53. The van der Waals surface area contributed by atoms with Gasteiger partial charge in [-0.15, -0.1) is 0 Å². The Kier molecular flexibility index (Phi) is 5.33. The first-order valence-corrected chi connectivity index (χ1v) is 12.4. The molecule has 4 heterocycles. The van der Waals surface area contributed by atoms with Gasteiger partial charge < -0.3 is 19.5 Å². The minimum absolute atomic E-state index is 0.0451. The number of aromatic nitrogens is 1. The van der Waals surface area contributed by atoms with E-state index >= 15 is 0 Å². The number of halogens is 1. The van der Waals surface area contributed by atoms with Gasteiger partial charge in [-0.1, -0.05) is 41.9 Å². The normalized spacial score (nSPS) is 24.5. The van der Waals surface area contributed by atoms with Crippen molar-refractivity contribution < 1.29 is 9.53 Å². The molecule has 0 radical (unpaired) electrons. The third-order valence-corrected chi connectivity index (χ3v) is 8.15.